The molecule has 0 radical (unpaired) electrons. The van der Waals surface area contributed by atoms with Crippen molar-refractivity contribution in [2.24, 2.45) is 0 Å². The lowest BCUT2D eigenvalue weighted by molar-refractivity contribution is -0.0516. The predicted molar refractivity (Wildman–Crippen MR) is 73.0 cm³/mol. The molecule has 0 spiro atoms. The van der Waals surface area contributed by atoms with Gasteiger partial charge in [0.15, 0.2) is 22.2 Å². The van der Waals surface area contributed by atoms with Gasteiger partial charge in [-0.2, -0.15) is 4.98 Å². The van der Waals surface area contributed by atoms with Gasteiger partial charge in [-0.05, 0) is 12.2 Å². The molecule has 114 valence electrons. The second-order valence-corrected chi connectivity index (χ2v) is 5.07. The molecule has 3 rings (SSSR count). The van der Waals surface area contributed by atoms with Crippen LogP contribution in [0.2, 0.25) is 0 Å². The Hall–Kier alpha value is -1.79. The number of anilines is 1. The lowest BCUT2D eigenvalue weighted by Gasteiger charge is -2.16. The van der Waals surface area contributed by atoms with Crippen molar-refractivity contribution in [3.63, 3.8) is 0 Å². The number of hydrogen-bond donors (Lipinski definition) is 6. The number of aromatic amines is 2. The number of fused-ring (bicyclic) bond motifs is 1. The number of aliphatic hydroxyl groups is 3. The van der Waals surface area contributed by atoms with E-state index in [1.165, 1.54) is 4.57 Å². The van der Waals surface area contributed by atoms with Gasteiger partial charge in [0.1, 0.15) is 18.3 Å². The molecule has 4 atom stereocenters. The summed E-state index contributed by atoms with van der Waals surface area (Å²) in [6.07, 6.45) is -4.68. The van der Waals surface area contributed by atoms with Gasteiger partial charge >= 0.3 is 0 Å². The van der Waals surface area contributed by atoms with E-state index in [9.17, 15) is 15.0 Å². The molecule has 2 aromatic rings. The van der Waals surface area contributed by atoms with Crippen molar-refractivity contribution in [2.75, 3.05) is 12.3 Å². The molecular weight excluding hydrogens is 302 g/mol. The number of H-pyrrole nitrogens is 2. The van der Waals surface area contributed by atoms with E-state index in [2.05, 4.69) is 15.0 Å². The summed E-state index contributed by atoms with van der Waals surface area (Å²) in [6.45, 7) is -0.472. The monoisotopic (exact) mass is 315 g/mol. The van der Waals surface area contributed by atoms with E-state index in [1.807, 2.05) is 0 Å². The maximum atomic E-state index is 11.8. The number of nitrogens with one attached hydrogen (secondary N) is 2. The average Bonchev–Trinajstić information content (AvgIpc) is 2.89. The van der Waals surface area contributed by atoms with E-state index in [0.29, 0.717) is 0 Å². The second-order valence-electron chi connectivity index (χ2n) is 4.68. The zero-order valence-electron chi connectivity index (χ0n) is 10.6. The Kier molecular flexibility index (Phi) is 3.30. The zero-order chi connectivity index (χ0) is 15.3. The predicted octanol–water partition coefficient (Wildman–Crippen LogP) is -2.02. The molecular formula is C10H13N5O5S. The summed E-state index contributed by atoms with van der Waals surface area (Å²) in [4.78, 5) is 20.7. The van der Waals surface area contributed by atoms with Gasteiger partial charge in [-0.25, -0.2) is 0 Å². The Morgan fingerprint density at radius 2 is 2.10 bits per heavy atom. The van der Waals surface area contributed by atoms with Crippen molar-refractivity contribution < 1.29 is 20.1 Å². The third-order valence-electron chi connectivity index (χ3n) is 3.37. The zero-order valence-corrected chi connectivity index (χ0v) is 11.4. The largest absolute Gasteiger partial charge is 0.394 e. The molecule has 0 saturated carbocycles. The fourth-order valence-electron chi connectivity index (χ4n) is 2.36. The Balaban J connectivity index is 2.20. The van der Waals surface area contributed by atoms with Crippen molar-refractivity contribution in [3.05, 3.63) is 15.1 Å². The summed E-state index contributed by atoms with van der Waals surface area (Å²) < 4.78 is 6.70. The van der Waals surface area contributed by atoms with Crippen LogP contribution in [0.1, 0.15) is 6.23 Å². The number of aliphatic hydroxyl groups excluding tert-OH is 3. The molecule has 10 nitrogen and oxygen atoms in total. The van der Waals surface area contributed by atoms with Gasteiger partial charge in [-0.1, -0.05) is 0 Å². The van der Waals surface area contributed by atoms with Crippen LogP contribution in [0, 0.1) is 4.77 Å². The maximum Gasteiger partial charge on any atom is 0.278 e. The van der Waals surface area contributed by atoms with E-state index in [0.717, 1.165) is 0 Å². The molecule has 1 aliphatic heterocycles. The SMILES string of the molecule is Nc1nc2c([nH]c(=S)n2[C@@H]2O[C@@H](CO)[C@@H](O)[C@@H]2O)c(=O)[nH]1. The van der Waals surface area contributed by atoms with Gasteiger partial charge in [0.2, 0.25) is 5.95 Å². The van der Waals surface area contributed by atoms with Gasteiger partial charge in [-0.15, -0.1) is 0 Å². The number of hydrogen-bond acceptors (Lipinski definition) is 8. The van der Waals surface area contributed by atoms with E-state index >= 15 is 0 Å². The van der Waals surface area contributed by atoms with Gasteiger partial charge in [-0.3, -0.25) is 14.3 Å². The number of imidazole rings is 1. The number of rotatable bonds is 2. The molecule has 1 aliphatic rings. The Labute approximate surface area is 121 Å². The average molecular weight is 315 g/mol. The van der Waals surface area contributed by atoms with Crippen LogP contribution in [0.4, 0.5) is 5.95 Å². The van der Waals surface area contributed by atoms with Gasteiger partial charge < -0.3 is 30.8 Å². The van der Waals surface area contributed by atoms with Crippen LogP contribution < -0.4 is 11.3 Å². The van der Waals surface area contributed by atoms with Crippen molar-refractivity contribution in [3.8, 4) is 0 Å². The van der Waals surface area contributed by atoms with E-state index < -0.39 is 36.7 Å². The highest BCUT2D eigenvalue weighted by Crippen LogP contribution is 2.31. The molecule has 2 aromatic heterocycles. The van der Waals surface area contributed by atoms with Crippen molar-refractivity contribution in [1.82, 2.24) is 19.5 Å². The first kappa shape index (κ1) is 14.2. The Morgan fingerprint density at radius 3 is 2.71 bits per heavy atom. The summed E-state index contributed by atoms with van der Waals surface area (Å²) in [5.41, 5.74) is 5.15. The molecule has 0 bridgehead atoms. The fraction of sp³-hybridized carbons (Fsp3) is 0.500. The second kappa shape index (κ2) is 4.89. The number of nitrogen functional groups attached to an aromatic ring is 1. The molecule has 0 aromatic carbocycles. The first-order valence-electron chi connectivity index (χ1n) is 6.06. The van der Waals surface area contributed by atoms with Crippen LogP contribution in [0.15, 0.2) is 4.79 Å². The topological polar surface area (TPSA) is 162 Å². The fourth-order valence-corrected chi connectivity index (χ4v) is 2.65. The molecule has 21 heavy (non-hydrogen) atoms. The summed E-state index contributed by atoms with van der Waals surface area (Å²) in [6, 6.07) is 0. The number of nitrogens with zero attached hydrogens (tertiary/aromatic N) is 2. The lowest BCUT2D eigenvalue weighted by atomic mass is 10.1. The molecule has 7 N–H and O–H groups in total. The molecule has 1 saturated heterocycles. The molecule has 0 aliphatic carbocycles. The van der Waals surface area contributed by atoms with Crippen molar-refractivity contribution in [2.45, 2.75) is 24.5 Å². The van der Waals surface area contributed by atoms with Crippen LogP contribution in [0.3, 0.4) is 0 Å². The number of aromatic nitrogens is 4. The van der Waals surface area contributed by atoms with Crippen LogP contribution in [-0.2, 0) is 4.74 Å². The summed E-state index contributed by atoms with van der Waals surface area (Å²) in [5.74, 6) is -0.123. The third-order valence-corrected chi connectivity index (χ3v) is 3.67. The van der Waals surface area contributed by atoms with Gasteiger partial charge in [0.05, 0.1) is 6.61 Å². The summed E-state index contributed by atoms with van der Waals surface area (Å²) in [5, 5.41) is 28.9. The standard InChI is InChI=1S/C10H13N5O5S/c11-9-13-6-3(7(19)14-9)12-10(21)15(6)8-5(18)4(17)2(1-16)20-8/h2,4-5,8,16-18H,1H2,(H,12,21)(H3,11,13,14,19)/t2-,4+,5-,8+/m0/s1. The molecule has 0 amide bonds. The number of nitrogens with two attached hydrogens (primary N) is 1. The first-order chi connectivity index (χ1) is 9.93. The van der Waals surface area contributed by atoms with Gasteiger partial charge in [0.25, 0.3) is 5.56 Å². The lowest BCUT2D eigenvalue weighted by Crippen LogP contribution is -2.33. The highest BCUT2D eigenvalue weighted by Gasteiger charge is 2.44. The van der Waals surface area contributed by atoms with Crippen LogP contribution >= 0.6 is 12.2 Å². The maximum absolute atomic E-state index is 11.8. The van der Waals surface area contributed by atoms with E-state index in [-0.39, 0.29) is 21.9 Å². The third kappa shape index (κ3) is 2.06. The minimum atomic E-state index is -1.34. The summed E-state index contributed by atoms with van der Waals surface area (Å²) >= 11 is 5.10. The highest BCUT2D eigenvalue weighted by atomic mass is 32.1. The highest BCUT2D eigenvalue weighted by molar-refractivity contribution is 7.71. The Bertz CT molecular complexity index is 797. The van der Waals surface area contributed by atoms with E-state index in [4.69, 9.17) is 27.8 Å². The molecule has 1 fully saturated rings. The molecule has 11 heteroatoms. The Morgan fingerprint density at radius 1 is 1.38 bits per heavy atom. The van der Waals surface area contributed by atoms with Crippen LogP contribution in [0.25, 0.3) is 11.2 Å². The van der Waals surface area contributed by atoms with E-state index in [1.54, 1.807) is 0 Å². The van der Waals surface area contributed by atoms with Crippen LogP contribution in [-0.4, -0.2) is 59.8 Å². The minimum Gasteiger partial charge on any atom is -0.394 e. The number of ether oxygens (including phenoxy) is 1. The molecule has 0 unspecified atom stereocenters. The van der Waals surface area contributed by atoms with Crippen molar-refractivity contribution >= 4 is 29.3 Å². The normalized spacial score (nSPS) is 29.3. The quantitative estimate of drug-likeness (QED) is 0.346. The van der Waals surface area contributed by atoms with Gasteiger partial charge in [0, 0.05) is 0 Å². The molecule has 3 heterocycles. The smallest absolute Gasteiger partial charge is 0.278 e. The van der Waals surface area contributed by atoms with Crippen LogP contribution in [0.5, 0.6) is 0 Å². The summed E-state index contributed by atoms with van der Waals surface area (Å²) in [7, 11) is 0. The first-order valence-corrected chi connectivity index (χ1v) is 6.47. The van der Waals surface area contributed by atoms with Crippen molar-refractivity contribution in [1.29, 1.82) is 0 Å². The minimum absolute atomic E-state index is 0.0726.